The molecule has 0 saturated heterocycles. The molecular weight excluding hydrogens is 293 g/mol. The molecule has 3 aromatic rings. The van der Waals surface area contributed by atoms with Crippen molar-refractivity contribution in [2.75, 3.05) is 0 Å². The topological polar surface area (TPSA) is 50.2 Å². The molecule has 0 atom stereocenters. The second-order valence-corrected chi connectivity index (χ2v) is 4.96. The van der Waals surface area contributed by atoms with E-state index < -0.39 is 11.8 Å². The van der Waals surface area contributed by atoms with Gasteiger partial charge in [-0.3, -0.25) is 4.98 Å². The van der Waals surface area contributed by atoms with Crippen molar-refractivity contribution in [2.45, 2.75) is 0 Å². The van der Waals surface area contributed by atoms with Gasteiger partial charge >= 0.3 is 5.97 Å². The number of carboxylic acids is 1. The molecule has 0 amide bonds. The summed E-state index contributed by atoms with van der Waals surface area (Å²) in [7, 11) is 0. The van der Waals surface area contributed by atoms with Crippen molar-refractivity contribution in [2.24, 2.45) is 0 Å². The smallest absolute Gasteiger partial charge is 0.335 e. The molecule has 3 nitrogen and oxygen atoms in total. The van der Waals surface area contributed by atoms with Gasteiger partial charge < -0.3 is 5.11 Å². The molecule has 21 heavy (non-hydrogen) atoms. The second-order valence-electron chi connectivity index (χ2n) is 4.52. The minimum absolute atomic E-state index is 0.131. The van der Waals surface area contributed by atoms with Crippen molar-refractivity contribution in [3.8, 4) is 11.1 Å². The summed E-state index contributed by atoms with van der Waals surface area (Å²) in [6.07, 6.45) is 1.56. The Hall–Kier alpha value is -2.46. The number of fused-ring (bicyclic) bond motifs is 1. The van der Waals surface area contributed by atoms with Gasteiger partial charge in [-0.2, -0.15) is 0 Å². The van der Waals surface area contributed by atoms with Gasteiger partial charge in [-0.1, -0.05) is 11.6 Å². The predicted molar refractivity (Wildman–Crippen MR) is 79.1 cm³/mol. The van der Waals surface area contributed by atoms with Crippen molar-refractivity contribution in [3.63, 3.8) is 0 Å². The maximum absolute atomic E-state index is 14.1. The monoisotopic (exact) mass is 301 g/mol. The average Bonchev–Trinajstić information content (AvgIpc) is 2.46. The molecule has 1 N–H and O–H groups in total. The zero-order valence-corrected chi connectivity index (χ0v) is 11.4. The zero-order valence-electron chi connectivity index (χ0n) is 10.7. The van der Waals surface area contributed by atoms with E-state index in [2.05, 4.69) is 4.98 Å². The predicted octanol–water partition coefficient (Wildman–Crippen LogP) is 4.39. The van der Waals surface area contributed by atoms with E-state index in [1.54, 1.807) is 30.5 Å². The lowest BCUT2D eigenvalue weighted by molar-refractivity contribution is 0.0697. The van der Waals surface area contributed by atoms with Crippen LogP contribution >= 0.6 is 11.6 Å². The van der Waals surface area contributed by atoms with Crippen LogP contribution in [0.3, 0.4) is 0 Å². The molecule has 0 aliphatic rings. The summed E-state index contributed by atoms with van der Waals surface area (Å²) >= 11 is 5.76. The number of aromatic carboxylic acids is 1. The largest absolute Gasteiger partial charge is 0.478 e. The van der Waals surface area contributed by atoms with Crippen LogP contribution in [0.4, 0.5) is 4.39 Å². The van der Waals surface area contributed by atoms with Gasteiger partial charge in [-0.25, -0.2) is 9.18 Å². The Bertz CT molecular complexity index is 864. The molecule has 1 heterocycles. The molecule has 0 bridgehead atoms. The third-order valence-corrected chi connectivity index (χ3v) is 3.44. The van der Waals surface area contributed by atoms with Gasteiger partial charge in [-0.05, 0) is 48.0 Å². The second kappa shape index (κ2) is 5.14. The first-order chi connectivity index (χ1) is 10.1. The van der Waals surface area contributed by atoms with Crippen LogP contribution in [-0.4, -0.2) is 16.1 Å². The maximum atomic E-state index is 14.1. The third kappa shape index (κ3) is 2.45. The molecule has 0 spiro atoms. The first-order valence-electron chi connectivity index (χ1n) is 6.14. The van der Waals surface area contributed by atoms with Crippen molar-refractivity contribution < 1.29 is 14.3 Å². The number of carbonyl (C=O) groups is 1. The summed E-state index contributed by atoms with van der Waals surface area (Å²) in [5.41, 5.74) is 1.67. The van der Waals surface area contributed by atoms with Crippen LogP contribution in [0, 0.1) is 5.82 Å². The van der Waals surface area contributed by atoms with E-state index in [9.17, 15) is 9.18 Å². The van der Waals surface area contributed by atoms with Gasteiger partial charge in [0.05, 0.1) is 11.1 Å². The number of halogens is 2. The average molecular weight is 302 g/mol. The highest BCUT2D eigenvalue weighted by Crippen LogP contribution is 2.31. The van der Waals surface area contributed by atoms with Crippen molar-refractivity contribution in [3.05, 3.63) is 65.1 Å². The van der Waals surface area contributed by atoms with Gasteiger partial charge in [0.2, 0.25) is 0 Å². The lowest BCUT2D eigenvalue weighted by atomic mass is 9.99. The highest BCUT2D eigenvalue weighted by atomic mass is 35.5. The number of carboxylic acid groups (broad SMARTS) is 1. The van der Waals surface area contributed by atoms with Crippen molar-refractivity contribution in [1.82, 2.24) is 4.98 Å². The molecule has 5 heteroatoms. The summed E-state index contributed by atoms with van der Waals surface area (Å²) in [6, 6.07) is 10.6. The Balaban J connectivity index is 2.31. The lowest BCUT2D eigenvalue weighted by Crippen LogP contribution is -1.96. The van der Waals surface area contributed by atoms with Gasteiger partial charge in [0.15, 0.2) is 0 Å². The lowest BCUT2D eigenvalue weighted by Gasteiger charge is -2.08. The first-order valence-corrected chi connectivity index (χ1v) is 6.51. The Morgan fingerprint density at radius 2 is 1.90 bits per heavy atom. The maximum Gasteiger partial charge on any atom is 0.335 e. The summed E-state index contributed by atoms with van der Waals surface area (Å²) in [5.74, 6) is -1.50. The highest BCUT2D eigenvalue weighted by molar-refractivity contribution is 6.30. The SMILES string of the molecule is O=C(O)c1ccc2nccc(-c3ccc(Cl)cc3F)c2c1. The minimum Gasteiger partial charge on any atom is -0.478 e. The molecule has 0 unspecified atom stereocenters. The quantitative estimate of drug-likeness (QED) is 0.763. The standard InChI is InChI=1S/C16H9ClFNO2/c17-10-2-3-12(14(18)8-10)11-5-6-19-15-4-1-9(16(20)21)7-13(11)15/h1-8H,(H,20,21). The Kier molecular flexibility index (Phi) is 3.31. The summed E-state index contributed by atoms with van der Waals surface area (Å²) in [5, 5.41) is 9.97. The fourth-order valence-corrected chi connectivity index (χ4v) is 2.38. The fraction of sp³-hybridized carbons (Fsp3) is 0. The molecule has 104 valence electrons. The van der Waals surface area contributed by atoms with E-state index in [1.807, 2.05) is 0 Å². The Morgan fingerprint density at radius 1 is 1.10 bits per heavy atom. The van der Waals surface area contributed by atoms with Gasteiger partial charge in [0, 0.05) is 22.2 Å². The number of benzene rings is 2. The Labute approximate surface area is 124 Å². The Morgan fingerprint density at radius 3 is 2.62 bits per heavy atom. The summed E-state index contributed by atoms with van der Waals surface area (Å²) in [4.78, 5) is 15.3. The fourth-order valence-electron chi connectivity index (χ4n) is 2.22. The van der Waals surface area contributed by atoms with Gasteiger partial charge in [0.1, 0.15) is 5.82 Å². The molecule has 3 rings (SSSR count). The molecule has 0 fully saturated rings. The van der Waals surface area contributed by atoms with Crippen LogP contribution in [0.25, 0.3) is 22.0 Å². The van der Waals surface area contributed by atoms with Crippen molar-refractivity contribution >= 4 is 28.5 Å². The number of aromatic nitrogens is 1. The molecule has 1 aromatic heterocycles. The van der Waals surface area contributed by atoms with E-state index in [0.29, 0.717) is 27.1 Å². The molecule has 0 saturated carbocycles. The van der Waals surface area contributed by atoms with Crippen LogP contribution in [0.15, 0.2) is 48.7 Å². The van der Waals surface area contributed by atoms with E-state index in [1.165, 1.54) is 18.2 Å². The van der Waals surface area contributed by atoms with Crippen LogP contribution < -0.4 is 0 Å². The highest BCUT2D eigenvalue weighted by Gasteiger charge is 2.12. The van der Waals surface area contributed by atoms with Crippen LogP contribution in [0.2, 0.25) is 5.02 Å². The molecular formula is C16H9ClFNO2. The number of nitrogens with zero attached hydrogens (tertiary/aromatic N) is 1. The van der Waals surface area contributed by atoms with Gasteiger partial charge in [-0.15, -0.1) is 0 Å². The molecule has 0 aliphatic carbocycles. The number of rotatable bonds is 2. The van der Waals surface area contributed by atoms with Crippen LogP contribution in [0.1, 0.15) is 10.4 Å². The molecule has 0 radical (unpaired) electrons. The van der Waals surface area contributed by atoms with E-state index in [0.717, 1.165) is 0 Å². The number of hydrogen-bond acceptors (Lipinski definition) is 2. The van der Waals surface area contributed by atoms with E-state index >= 15 is 0 Å². The van der Waals surface area contributed by atoms with E-state index in [-0.39, 0.29) is 5.56 Å². The first kappa shape index (κ1) is 13.5. The number of hydrogen-bond donors (Lipinski definition) is 1. The van der Waals surface area contributed by atoms with E-state index in [4.69, 9.17) is 16.7 Å². The molecule has 0 aliphatic heterocycles. The normalized spacial score (nSPS) is 10.8. The van der Waals surface area contributed by atoms with Gasteiger partial charge in [0.25, 0.3) is 0 Å². The third-order valence-electron chi connectivity index (χ3n) is 3.21. The van der Waals surface area contributed by atoms with Crippen molar-refractivity contribution in [1.29, 1.82) is 0 Å². The summed E-state index contributed by atoms with van der Waals surface area (Å²) in [6.45, 7) is 0. The molecule has 2 aromatic carbocycles. The summed E-state index contributed by atoms with van der Waals surface area (Å²) < 4.78 is 14.1. The minimum atomic E-state index is -1.04. The number of pyridine rings is 1. The van der Waals surface area contributed by atoms with Crippen LogP contribution in [0.5, 0.6) is 0 Å². The zero-order chi connectivity index (χ0) is 15.0. The van der Waals surface area contributed by atoms with Crippen LogP contribution in [-0.2, 0) is 0 Å².